The highest BCUT2D eigenvalue weighted by Crippen LogP contribution is 2.27. The lowest BCUT2D eigenvalue weighted by molar-refractivity contribution is 0.0170. The van der Waals surface area contributed by atoms with Gasteiger partial charge in [0.2, 0.25) is 0 Å². The minimum atomic E-state index is 0.227. The number of alkyl halides is 1. The Bertz CT molecular complexity index is 369. The van der Waals surface area contributed by atoms with E-state index in [4.69, 9.17) is 16.3 Å². The topological polar surface area (TPSA) is 12.5 Å². The van der Waals surface area contributed by atoms with E-state index in [1.165, 1.54) is 11.1 Å². The highest BCUT2D eigenvalue weighted by molar-refractivity contribution is 6.17. The van der Waals surface area contributed by atoms with Crippen molar-refractivity contribution in [3.05, 3.63) is 35.4 Å². The highest BCUT2D eigenvalue weighted by atomic mass is 35.5. The zero-order valence-corrected chi connectivity index (χ0v) is 11.8. The maximum atomic E-state index is 5.94. The summed E-state index contributed by atoms with van der Waals surface area (Å²) >= 11 is 5.77. The second kappa shape index (κ2) is 7.13. The van der Waals surface area contributed by atoms with Crippen LogP contribution in [0.4, 0.5) is 0 Å². The number of likely N-dealkylation sites (N-methyl/N-ethyl adjacent to an activating group) is 1. The molecule has 1 aromatic carbocycles. The quantitative estimate of drug-likeness (QED) is 0.734. The van der Waals surface area contributed by atoms with Crippen LogP contribution in [-0.2, 0) is 11.2 Å². The molecule has 1 aliphatic rings. The van der Waals surface area contributed by atoms with Crippen LogP contribution in [-0.4, -0.2) is 37.0 Å². The lowest BCUT2D eigenvalue weighted by Crippen LogP contribution is -2.33. The maximum absolute atomic E-state index is 5.94. The van der Waals surface area contributed by atoms with E-state index in [-0.39, 0.29) is 6.10 Å². The lowest BCUT2D eigenvalue weighted by atomic mass is 9.97. The van der Waals surface area contributed by atoms with Gasteiger partial charge in [-0.15, -0.1) is 11.6 Å². The Morgan fingerprint density at radius 1 is 1.39 bits per heavy atom. The Kier molecular flexibility index (Phi) is 5.48. The normalized spacial score (nSPS) is 18.9. The van der Waals surface area contributed by atoms with Gasteiger partial charge in [0.1, 0.15) is 0 Å². The number of nitrogens with zero attached hydrogens (tertiary/aromatic N) is 1. The molecular weight excluding hydrogens is 246 g/mol. The van der Waals surface area contributed by atoms with Crippen molar-refractivity contribution in [2.75, 3.05) is 32.1 Å². The van der Waals surface area contributed by atoms with Crippen LogP contribution in [0.25, 0.3) is 0 Å². The molecule has 3 heteroatoms. The molecule has 0 aliphatic carbocycles. The molecule has 2 nitrogen and oxygen atoms in total. The molecule has 0 aromatic heterocycles. The smallest absolute Gasteiger partial charge is 0.0954 e. The molecule has 100 valence electrons. The number of halogens is 1. The molecule has 1 aromatic rings. The number of benzene rings is 1. The lowest BCUT2D eigenvalue weighted by Gasteiger charge is -2.31. The van der Waals surface area contributed by atoms with Crippen molar-refractivity contribution in [2.24, 2.45) is 0 Å². The molecule has 2 rings (SSSR count). The van der Waals surface area contributed by atoms with E-state index in [0.29, 0.717) is 0 Å². The zero-order chi connectivity index (χ0) is 12.8. The summed E-state index contributed by atoms with van der Waals surface area (Å²) in [6.45, 7) is 6.13. The molecule has 0 radical (unpaired) electrons. The van der Waals surface area contributed by atoms with E-state index in [1.54, 1.807) is 0 Å². The van der Waals surface area contributed by atoms with E-state index in [0.717, 1.165) is 45.0 Å². The summed E-state index contributed by atoms with van der Waals surface area (Å²) < 4.78 is 5.94. The number of ether oxygens (including phenoxy) is 1. The molecule has 0 N–H and O–H groups in total. The first kappa shape index (κ1) is 13.9. The van der Waals surface area contributed by atoms with E-state index in [2.05, 4.69) is 36.1 Å². The highest BCUT2D eigenvalue weighted by Gasteiger charge is 2.22. The van der Waals surface area contributed by atoms with Crippen molar-refractivity contribution in [3.8, 4) is 0 Å². The van der Waals surface area contributed by atoms with Gasteiger partial charge in [-0.05, 0) is 37.1 Å². The van der Waals surface area contributed by atoms with Crippen LogP contribution < -0.4 is 0 Å². The van der Waals surface area contributed by atoms with Gasteiger partial charge in [-0.3, -0.25) is 0 Å². The second-order valence-corrected chi connectivity index (χ2v) is 5.12. The summed E-state index contributed by atoms with van der Waals surface area (Å²) in [5.74, 6) is 0.735. The summed E-state index contributed by atoms with van der Waals surface area (Å²) in [5, 5.41) is 0. The molecule has 0 amide bonds. The third kappa shape index (κ3) is 3.47. The molecule has 1 aliphatic heterocycles. The molecule has 1 unspecified atom stereocenters. The summed E-state index contributed by atoms with van der Waals surface area (Å²) in [5.41, 5.74) is 2.82. The first-order valence-corrected chi connectivity index (χ1v) is 7.36. The number of fused-ring (bicyclic) bond motifs is 1. The Morgan fingerprint density at radius 2 is 2.22 bits per heavy atom. The largest absolute Gasteiger partial charge is 0.372 e. The Balaban J connectivity index is 2.01. The number of rotatable bonds is 6. The van der Waals surface area contributed by atoms with Gasteiger partial charge in [-0.1, -0.05) is 31.2 Å². The standard InChI is InChI=1S/C15H22ClNO/c1-2-17(10-5-9-16)12-15-14-7-4-3-6-13(14)8-11-18-15/h3-4,6-7,15H,2,5,8-12H2,1H3. The predicted octanol–water partition coefficient (Wildman–Crippen LogP) is 3.25. The first-order valence-electron chi connectivity index (χ1n) is 6.83. The minimum Gasteiger partial charge on any atom is -0.372 e. The van der Waals surface area contributed by atoms with E-state index in [9.17, 15) is 0 Å². The van der Waals surface area contributed by atoms with Crippen molar-refractivity contribution in [2.45, 2.75) is 25.9 Å². The molecular formula is C15H22ClNO. The first-order chi connectivity index (χ1) is 8.85. The van der Waals surface area contributed by atoms with Gasteiger partial charge >= 0.3 is 0 Å². The Morgan fingerprint density at radius 3 is 3.00 bits per heavy atom. The summed E-state index contributed by atoms with van der Waals surface area (Å²) in [6.07, 6.45) is 2.31. The molecule has 0 bridgehead atoms. The monoisotopic (exact) mass is 267 g/mol. The van der Waals surface area contributed by atoms with Crippen molar-refractivity contribution in [1.29, 1.82) is 0 Å². The van der Waals surface area contributed by atoms with Gasteiger partial charge in [0.15, 0.2) is 0 Å². The van der Waals surface area contributed by atoms with Crippen molar-refractivity contribution >= 4 is 11.6 Å². The van der Waals surface area contributed by atoms with E-state index >= 15 is 0 Å². The third-order valence-corrected chi connectivity index (χ3v) is 3.84. The molecule has 18 heavy (non-hydrogen) atoms. The van der Waals surface area contributed by atoms with Crippen LogP contribution in [0.5, 0.6) is 0 Å². The van der Waals surface area contributed by atoms with Gasteiger partial charge < -0.3 is 9.64 Å². The Labute approximate surface area is 115 Å². The fourth-order valence-electron chi connectivity index (χ4n) is 2.52. The summed E-state index contributed by atoms with van der Waals surface area (Å²) in [7, 11) is 0. The second-order valence-electron chi connectivity index (χ2n) is 4.74. The molecule has 0 spiro atoms. The van der Waals surface area contributed by atoms with Crippen LogP contribution in [0.15, 0.2) is 24.3 Å². The van der Waals surface area contributed by atoms with Gasteiger partial charge in [0.05, 0.1) is 12.7 Å². The van der Waals surface area contributed by atoms with Crippen molar-refractivity contribution < 1.29 is 4.74 Å². The van der Waals surface area contributed by atoms with Gasteiger partial charge in [-0.25, -0.2) is 0 Å². The van der Waals surface area contributed by atoms with E-state index in [1.807, 2.05) is 0 Å². The average Bonchev–Trinajstić information content (AvgIpc) is 2.43. The number of hydrogen-bond acceptors (Lipinski definition) is 2. The molecule has 0 saturated carbocycles. The Hall–Kier alpha value is -0.570. The van der Waals surface area contributed by atoms with Crippen LogP contribution in [0.1, 0.15) is 30.6 Å². The van der Waals surface area contributed by atoms with Crippen LogP contribution in [0, 0.1) is 0 Å². The average molecular weight is 268 g/mol. The summed E-state index contributed by atoms with van der Waals surface area (Å²) in [6, 6.07) is 8.65. The van der Waals surface area contributed by atoms with Crippen LogP contribution in [0.2, 0.25) is 0 Å². The molecule has 0 fully saturated rings. The molecule has 1 atom stereocenters. The van der Waals surface area contributed by atoms with Crippen LogP contribution in [0.3, 0.4) is 0 Å². The van der Waals surface area contributed by atoms with E-state index < -0.39 is 0 Å². The fraction of sp³-hybridized carbons (Fsp3) is 0.600. The summed E-state index contributed by atoms with van der Waals surface area (Å²) in [4.78, 5) is 2.43. The van der Waals surface area contributed by atoms with Crippen LogP contribution >= 0.6 is 11.6 Å². The SMILES string of the molecule is CCN(CCCCl)CC1OCCc2ccccc21. The zero-order valence-electron chi connectivity index (χ0n) is 11.1. The minimum absolute atomic E-state index is 0.227. The van der Waals surface area contributed by atoms with Gasteiger partial charge in [0.25, 0.3) is 0 Å². The van der Waals surface area contributed by atoms with Gasteiger partial charge in [0, 0.05) is 12.4 Å². The molecule has 1 heterocycles. The third-order valence-electron chi connectivity index (χ3n) is 3.57. The van der Waals surface area contributed by atoms with Crippen molar-refractivity contribution in [1.82, 2.24) is 4.90 Å². The fourth-order valence-corrected chi connectivity index (χ4v) is 2.64. The van der Waals surface area contributed by atoms with Crippen molar-refractivity contribution in [3.63, 3.8) is 0 Å². The predicted molar refractivity (Wildman–Crippen MR) is 76.3 cm³/mol. The van der Waals surface area contributed by atoms with Gasteiger partial charge in [-0.2, -0.15) is 0 Å². The maximum Gasteiger partial charge on any atom is 0.0954 e. The molecule has 0 saturated heterocycles. The number of hydrogen-bond donors (Lipinski definition) is 0.